The van der Waals surface area contributed by atoms with Crippen molar-refractivity contribution < 1.29 is 18.0 Å². The van der Waals surface area contributed by atoms with Crippen LogP contribution in [0.5, 0.6) is 0 Å². The van der Waals surface area contributed by atoms with Gasteiger partial charge in [-0.15, -0.1) is 0 Å². The van der Waals surface area contributed by atoms with Gasteiger partial charge in [0, 0.05) is 44.3 Å². The Balaban J connectivity index is 1.39. The minimum absolute atomic E-state index is 0.129. The Bertz CT molecular complexity index is 836. The summed E-state index contributed by atoms with van der Waals surface area (Å²) in [5.41, 5.74) is 0.553. The largest absolute Gasteiger partial charge is 0.435 e. The number of carbonyl (C=O) groups excluding carboxylic acids is 1. The number of amides is 1. The molecule has 0 atom stereocenters. The summed E-state index contributed by atoms with van der Waals surface area (Å²) in [6.45, 7) is 2.93. The van der Waals surface area contributed by atoms with Crippen LogP contribution in [-0.4, -0.2) is 51.8 Å². The zero-order valence-electron chi connectivity index (χ0n) is 15.4. The number of hydrogen-bond donors (Lipinski definition) is 0. The van der Waals surface area contributed by atoms with Crippen molar-refractivity contribution in [1.82, 2.24) is 19.7 Å². The van der Waals surface area contributed by atoms with E-state index in [1.54, 1.807) is 11.1 Å². The molecule has 9 heteroatoms. The monoisotopic (exact) mass is 393 g/mol. The molecule has 28 heavy (non-hydrogen) atoms. The molecule has 150 valence electrons. The van der Waals surface area contributed by atoms with Crippen molar-refractivity contribution in [3.63, 3.8) is 0 Å². The number of alkyl halides is 3. The standard InChI is InChI=1S/C19H22F3N5O/c20-19(21,22)17-6-12-27(24-17)14-4-10-26(11-5-14)18(28)16-13-15(3-7-23-16)25-8-1-2-9-25/h3,6-7,12-14H,1-2,4-5,8-11H2. The number of halogens is 3. The van der Waals surface area contributed by atoms with Gasteiger partial charge in [-0.1, -0.05) is 0 Å². The summed E-state index contributed by atoms with van der Waals surface area (Å²) in [5, 5.41) is 3.66. The maximum absolute atomic E-state index is 12.8. The van der Waals surface area contributed by atoms with Crippen LogP contribution >= 0.6 is 0 Å². The van der Waals surface area contributed by atoms with Crippen molar-refractivity contribution in [2.45, 2.75) is 37.9 Å². The van der Waals surface area contributed by atoms with Gasteiger partial charge in [-0.05, 0) is 43.9 Å². The molecule has 2 aliphatic rings. The van der Waals surface area contributed by atoms with Crippen LogP contribution in [0.3, 0.4) is 0 Å². The van der Waals surface area contributed by atoms with Gasteiger partial charge in [0.2, 0.25) is 0 Å². The summed E-state index contributed by atoms with van der Waals surface area (Å²) in [4.78, 5) is 21.0. The molecule has 2 saturated heterocycles. The average Bonchev–Trinajstić information content (AvgIpc) is 3.39. The molecule has 4 rings (SSSR count). The van der Waals surface area contributed by atoms with Crippen LogP contribution < -0.4 is 4.90 Å². The second-order valence-corrected chi connectivity index (χ2v) is 7.30. The lowest BCUT2D eigenvalue weighted by atomic mass is 10.0. The number of nitrogens with zero attached hydrogens (tertiary/aromatic N) is 5. The van der Waals surface area contributed by atoms with E-state index in [1.165, 1.54) is 10.9 Å². The fourth-order valence-corrected chi connectivity index (χ4v) is 3.90. The third-order valence-electron chi connectivity index (χ3n) is 5.46. The molecule has 0 N–H and O–H groups in total. The second-order valence-electron chi connectivity index (χ2n) is 7.30. The first-order valence-electron chi connectivity index (χ1n) is 9.54. The van der Waals surface area contributed by atoms with E-state index in [4.69, 9.17) is 0 Å². The number of rotatable bonds is 3. The number of carbonyl (C=O) groups is 1. The summed E-state index contributed by atoms with van der Waals surface area (Å²) in [6.07, 6.45) is 2.04. The van der Waals surface area contributed by atoms with Crippen LogP contribution in [-0.2, 0) is 6.18 Å². The first-order valence-corrected chi connectivity index (χ1v) is 9.54. The topological polar surface area (TPSA) is 54.3 Å². The van der Waals surface area contributed by atoms with E-state index < -0.39 is 11.9 Å². The van der Waals surface area contributed by atoms with Crippen molar-refractivity contribution in [1.29, 1.82) is 0 Å². The highest BCUT2D eigenvalue weighted by Crippen LogP contribution is 2.30. The molecule has 2 aliphatic heterocycles. The van der Waals surface area contributed by atoms with Gasteiger partial charge >= 0.3 is 6.18 Å². The van der Waals surface area contributed by atoms with Gasteiger partial charge in [-0.2, -0.15) is 18.3 Å². The molecule has 0 bridgehead atoms. The molecule has 0 aromatic carbocycles. The van der Waals surface area contributed by atoms with E-state index in [2.05, 4.69) is 15.0 Å². The molecular formula is C19H22F3N5O. The minimum atomic E-state index is -4.44. The van der Waals surface area contributed by atoms with E-state index in [0.717, 1.165) is 37.7 Å². The molecule has 0 radical (unpaired) electrons. The van der Waals surface area contributed by atoms with Crippen molar-refractivity contribution in [2.75, 3.05) is 31.1 Å². The molecule has 6 nitrogen and oxygen atoms in total. The van der Waals surface area contributed by atoms with Gasteiger partial charge in [-0.3, -0.25) is 14.5 Å². The summed E-state index contributed by atoms with van der Waals surface area (Å²) in [5.74, 6) is -0.129. The lowest BCUT2D eigenvalue weighted by Gasteiger charge is -2.32. The van der Waals surface area contributed by atoms with E-state index in [1.807, 2.05) is 12.1 Å². The molecule has 2 aromatic heterocycles. The lowest BCUT2D eigenvalue weighted by molar-refractivity contribution is -0.141. The third kappa shape index (κ3) is 3.83. The third-order valence-corrected chi connectivity index (χ3v) is 5.46. The Morgan fingerprint density at radius 1 is 1.07 bits per heavy atom. The van der Waals surface area contributed by atoms with Gasteiger partial charge in [0.25, 0.3) is 5.91 Å². The van der Waals surface area contributed by atoms with E-state index in [-0.39, 0.29) is 11.9 Å². The van der Waals surface area contributed by atoms with E-state index in [9.17, 15) is 18.0 Å². The van der Waals surface area contributed by atoms with Crippen molar-refractivity contribution in [2.24, 2.45) is 0 Å². The minimum Gasteiger partial charge on any atom is -0.371 e. The molecule has 1 amide bonds. The van der Waals surface area contributed by atoms with Crippen LogP contribution in [0.2, 0.25) is 0 Å². The number of hydrogen-bond acceptors (Lipinski definition) is 4. The number of anilines is 1. The first-order chi connectivity index (χ1) is 13.4. The maximum Gasteiger partial charge on any atom is 0.435 e. The molecule has 0 unspecified atom stereocenters. The average molecular weight is 393 g/mol. The zero-order valence-corrected chi connectivity index (χ0v) is 15.4. The van der Waals surface area contributed by atoms with Gasteiger partial charge < -0.3 is 9.80 Å². The molecule has 4 heterocycles. The Kier molecular flexibility index (Phi) is 4.99. The van der Waals surface area contributed by atoms with Crippen molar-refractivity contribution in [3.8, 4) is 0 Å². The number of aromatic nitrogens is 3. The highest BCUT2D eigenvalue weighted by Gasteiger charge is 2.34. The van der Waals surface area contributed by atoms with Gasteiger partial charge in [-0.25, -0.2) is 0 Å². The second kappa shape index (κ2) is 7.44. The molecule has 2 fully saturated rings. The maximum atomic E-state index is 12.8. The molecule has 0 aliphatic carbocycles. The summed E-state index contributed by atoms with van der Waals surface area (Å²) < 4.78 is 39.6. The molecular weight excluding hydrogens is 371 g/mol. The van der Waals surface area contributed by atoms with Crippen molar-refractivity contribution in [3.05, 3.63) is 42.0 Å². The number of likely N-dealkylation sites (tertiary alicyclic amines) is 1. The van der Waals surface area contributed by atoms with Gasteiger partial charge in [0.15, 0.2) is 5.69 Å². The smallest absolute Gasteiger partial charge is 0.371 e. The molecule has 0 saturated carbocycles. The first kappa shape index (κ1) is 18.8. The van der Waals surface area contributed by atoms with Crippen LogP contribution in [0.15, 0.2) is 30.6 Å². The molecule has 2 aromatic rings. The highest BCUT2D eigenvalue weighted by molar-refractivity contribution is 5.93. The summed E-state index contributed by atoms with van der Waals surface area (Å²) in [6, 6.07) is 4.61. The Morgan fingerprint density at radius 3 is 2.43 bits per heavy atom. The predicted octanol–water partition coefficient (Wildman–Crippen LogP) is 3.37. The number of piperidine rings is 1. The van der Waals surface area contributed by atoms with Gasteiger partial charge in [0.05, 0.1) is 6.04 Å². The van der Waals surface area contributed by atoms with E-state index in [0.29, 0.717) is 31.6 Å². The van der Waals surface area contributed by atoms with Gasteiger partial charge in [0.1, 0.15) is 5.69 Å². The fraction of sp³-hybridized carbons (Fsp3) is 0.526. The Labute approximate surface area is 160 Å². The predicted molar refractivity (Wildman–Crippen MR) is 97.1 cm³/mol. The fourth-order valence-electron chi connectivity index (χ4n) is 3.90. The summed E-state index contributed by atoms with van der Waals surface area (Å²) in [7, 11) is 0. The van der Waals surface area contributed by atoms with Crippen LogP contribution in [0.4, 0.5) is 18.9 Å². The summed E-state index contributed by atoms with van der Waals surface area (Å²) >= 11 is 0. The molecule has 0 spiro atoms. The van der Waals surface area contributed by atoms with Crippen LogP contribution in [0, 0.1) is 0 Å². The van der Waals surface area contributed by atoms with Crippen LogP contribution in [0.1, 0.15) is 47.9 Å². The quantitative estimate of drug-likeness (QED) is 0.802. The van der Waals surface area contributed by atoms with Crippen molar-refractivity contribution >= 4 is 11.6 Å². The Hall–Kier alpha value is -2.58. The zero-order chi connectivity index (χ0) is 19.7. The Morgan fingerprint density at radius 2 is 1.79 bits per heavy atom. The highest BCUT2D eigenvalue weighted by atomic mass is 19.4. The normalized spacial score (nSPS) is 18.7. The van der Waals surface area contributed by atoms with E-state index >= 15 is 0 Å². The lowest BCUT2D eigenvalue weighted by Crippen LogP contribution is -2.39. The SMILES string of the molecule is O=C(c1cc(N2CCCC2)ccn1)N1CCC(n2ccc(C(F)(F)F)n2)CC1. The number of pyridine rings is 1. The van der Waals surface area contributed by atoms with Crippen LogP contribution in [0.25, 0.3) is 0 Å².